The molecule has 7 nitrogen and oxygen atoms in total. The molecular weight excluding hydrogens is 392 g/mol. The van der Waals surface area contributed by atoms with Gasteiger partial charge in [0.25, 0.3) is 5.91 Å². The Hall–Kier alpha value is -2.58. The predicted octanol–water partition coefficient (Wildman–Crippen LogP) is 3.20. The Morgan fingerprint density at radius 3 is 2.72 bits per heavy atom. The highest BCUT2D eigenvalue weighted by Gasteiger charge is 2.44. The number of carbonyl (C=O) groups excluding carboxylic acids is 2. The molecule has 2 saturated heterocycles. The summed E-state index contributed by atoms with van der Waals surface area (Å²) in [6, 6.07) is 5.19. The van der Waals surface area contributed by atoms with E-state index in [0.29, 0.717) is 29.3 Å². The average Bonchev–Trinajstić information content (AvgIpc) is 3.49. The lowest BCUT2D eigenvalue weighted by molar-refractivity contribution is -0.121. The summed E-state index contributed by atoms with van der Waals surface area (Å²) in [6.07, 6.45) is 2.82. The number of methoxy groups -OCH3 is 2. The monoisotopic (exact) mass is 416 g/mol. The van der Waals surface area contributed by atoms with E-state index < -0.39 is 0 Å². The van der Waals surface area contributed by atoms with Crippen LogP contribution in [0.4, 0.5) is 5.69 Å². The number of rotatable bonds is 7. The van der Waals surface area contributed by atoms with Crippen molar-refractivity contribution in [3.63, 3.8) is 0 Å². The summed E-state index contributed by atoms with van der Waals surface area (Å²) in [5.74, 6) is 0.222. The number of anilines is 1. The average molecular weight is 416 g/mol. The van der Waals surface area contributed by atoms with Crippen LogP contribution in [0, 0.1) is 5.92 Å². The molecule has 2 aromatic rings. The van der Waals surface area contributed by atoms with Gasteiger partial charge in [-0.05, 0) is 53.8 Å². The summed E-state index contributed by atoms with van der Waals surface area (Å²) in [6.45, 7) is 0.431. The van der Waals surface area contributed by atoms with Crippen molar-refractivity contribution < 1.29 is 23.8 Å². The van der Waals surface area contributed by atoms with E-state index >= 15 is 0 Å². The van der Waals surface area contributed by atoms with Gasteiger partial charge in [0, 0.05) is 12.1 Å². The lowest BCUT2D eigenvalue weighted by Gasteiger charge is -2.20. The molecule has 2 N–H and O–H groups in total. The van der Waals surface area contributed by atoms with Gasteiger partial charge in [-0.25, -0.2) is 0 Å². The van der Waals surface area contributed by atoms with E-state index in [1.165, 1.54) is 14.2 Å². The molecule has 0 unspecified atom stereocenters. The van der Waals surface area contributed by atoms with Crippen LogP contribution in [0.15, 0.2) is 29.0 Å². The van der Waals surface area contributed by atoms with Crippen LogP contribution in [0.2, 0.25) is 0 Å². The molecule has 2 aliphatic rings. The molecule has 8 heteroatoms. The van der Waals surface area contributed by atoms with Gasteiger partial charge in [0.05, 0.1) is 38.0 Å². The number of hydrogen-bond donors (Lipinski definition) is 2. The lowest BCUT2D eigenvalue weighted by Crippen LogP contribution is -2.31. The summed E-state index contributed by atoms with van der Waals surface area (Å²) in [4.78, 5) is 25.5. The van der Waals surface area contributed by atoms with Crippen molar-refractivity contribution in [3.05, 3.63) is 40.1 Å². The molecule has 154 valence electrons. The number of ether oxygens (including phenoxy) is 3. The van der Waals surface area contributed by atoms with Crippen LogP contribution < -0.4 is 20.1 Å². The molecule has 0 radical (unpaired) electrons. The fraction of sp³-hybridized carbons (Fsp3) is 0.429. The molecule has 2 amide bonds. The third-order valence-corrected chi connectivity index (χ3v) is 6.21. The first-order valence-electron chi connectivity index (χ1n) is 9.60. The summed E-state index contributed by atoms with van der Waals surface area (Å²) in [7, 11) is 3.00. The van der Waals surface area contributed by atoms with Crippen LogP contribution in [0.1, 0.15) is 35.2 Å². The van der Waals surface area contributed by atoms with Gasteiger partial charge >= 0.3 is 0 Å². The highest BCUT2D eigenvalue weighted by molar-refractivity contribution is 7.07. The second-order valence-electron chi connectivity index (χ2n) is 7.28. The van der Waals surface area contributed by atoms with E-state index in [9.17, 15) is 9.59 Å². The third kappa shape index (κ3) is 4.09. The van der Waals surface area contributed by atoms with E-state index in [-0.39, 0.29) is 29.9 Å². The Morgan fingerprint density at radius 1 is 1.24 bits per heavy atom. The molecule has 2 fully saturated rings. The first-order valence-corrected chi connectivity index (χ1v) is 10.5. The number of carbonyl (C=O) groups is 2. The zero-order valence-corrected chi connectivity index (χ0v) is 17.2. The highest BCUT2D eigenvalue weighted by Crippen LogP contribution is 2.41. The Kier molecular flexibility index (Phi) is 5.73. The summed E-state index contributed by atoms with van der Waals surface area (Å²) >= 11 is 1.58. The van der Waals surface area contributed by atoms with Crippen molar-refractivity contribution in [3.8, 4) is 11.5 Å². The van der Waals surface area contributed by atoms with Gasteiger partial charge in [-0.1, -0.05) is 0 Å². The SMILES string of the molecule is COc1cc(C(=O)NCc2ccsc2)cc(NC(=O)[C@@H]2C[C@@H]3CC[C@H]2O3)c1OC. The Bertz CT molecular complexity index is 899. The standard InChI is InChI=1S/C21H24N2O5S/c1-26-18-8-13(20(24)22-10-12-5-6-29-11-12)7-16(19(18)27-2)23-21(25)15-9-14-3-4-17(15)28-14/h5-8,11,14-15,17H,3-4,9-10H2,1-2H3,(H,22,24)(H,23,25)/t14-,15+,17+/m0/s1. The normalized spacial score (nSPS) is 22.3. The molecular formula is C21H24N2O5S. The number of amides is 2. The Morgan fingerprint density at radius 2 is 2.10 bits per heavy atom. The van der Waals surface area contributed by atoms with Crippen LogP contribution in [-0.4, -0.2) is 38.2 Å². The van der Waals surface area contributed by atoms with Crippen molar-refractivity contribution in [2.24, 2.45) is 5.92 Å². The minimum absolute atomic E-state index is 0.0232. The van der Waals surface area contributed by atoms with Crippen LogP contribution in [0.25, 0.3) is 0 Å². The molecule has 3 heterocycles. The van der Waals surface area contributed by atoms with Crippen LogP contribution in [-0.2, 0) is 16.1 Å². The minimum atomic E-state index is -0.254. The van der Waals surface area contributed by atoms with Crippen molar-refractivity contribution in [1.82, 2.24) is 5.32 Å². The Labute approximate surface area is 173 Å². The number of thiophene rings is 1. The second kappa shape index (κ2) is 8.42. The number of nitrogens with one attached hydrogen (secondary N) is 2. The topological polar surface area (TPSA) is 85.9 Å². The van der Waals surface area contributed by atoms with Gasteiger partial charge in [0.15, 0.2) is 11.5 Å². The molecule has 1 aromatic heterocycles. The van der Waals surface area contributed by atoms with Crippen LogP contribution in [0.3, 0.4) is 0 Å². The van der Waals surface area contributed by atoms with E-state index in [1.54, 1.807) is 23.5 Å². The fourth-order valence-electron chi connectivity index (χ4n) is 4.01. The summed E-state index contributed by atoms with van der Waals surface area (Å²) in [5, 5.41) is 9.76. The van der Waals surface area contributed by atoms with Gasteiger partial charge in [-0.3, -0.25) is 9.59 Å². The van der Waals surface area contributed by atoms with Gasteiger partial charge in [0.2, 0.25) is 5.91 Å². The maximum absolute atomic E-state index is 12.8. The maximum atomic E-state index is 12.8. The van der Waals surface area contributed by atoms with Crippen LogP contribution in [0.5, 0.6) is 11.5 Å². The number of hydrogen-bond acceptors (Lipinski definition) is 6. The fourth-order valence-corrected chi connectivity index (χ4v) is 4.67. The molecule has 2 bridgehead atoms. The third-order valence-electron chi connectivity index (χ3n) is 5.47. The minimum Gasteiger partial charge on any atom is -0.493 e. The van der Waals surface area contributed by atoms with E-state index in [2.05, 4.69) is 10.6 Å². The molecule has 0 spiro atoms. The van der Waals surface area contributed by atoms with Crippen molar-refractivity contribution >= 4 is 28.8 Å². The summed E-state index contributed by atoms with van der Waals surface area (Å²) in [5.41, 5.74) is 1.84. The van der Waals surface area contributed by atoms with Crippen molar-refractivity contribution in [2.75, 3.05) is 19.5 Å². The van der Waals surface area contributed by atoms with Crippen molar-refractivity contribution in [2.45, 2.75) is 38.0 Å². The predicted molar refractivity (Wildman–Crippen MR) is 110 cm³/mol. The Balaban J connectivity index is 1.54. The van der Waals surface area contributed by atoms with Crippen molar-refractivity contribution in [1.29, 1.82) is 0 Å². The molecule has 0 aliphatic carbocycles. The van der Waals surface area contributed by atoms with E-state index in [4.69, 9.17) is 14.2 Å². The summed E-state index contributed by atoms with van der Waals surface area (Å²) < 4.78 is 16.6. The van der Waals surface area contributed by atoms with Gasteiger partial charge in [-0.15, -0.1) is 0 Å². The first-order chi connectivity index (χ1) is 14.1. The lowest BCUT2D eigenvalue weighted by atomic mass is 9.88. The molecule has 4 rings (SSSR count). The van der Waals surface area contributed by atoms with E-state index in [1.807, 2.05) is 16.8 Å². The molecule has 0 saturated carbocycles. The number of benzene rings is 1. The molecule has 3 atom stereocenters. The first kappa shape index (κ1) is 19.7. The second-order valence-corrected chi connectivity index (χ2v) is 8.06. The quantitative estimate of drug-likeness (QED) is 0.724. The smallest absolute Gasteiger partial charge is 0.251 e. The maximum Gasteiger partial charge on any atom is 0.251 e. The van der Waals surface area contributed by atoms with Crippen LogP contribution >= 0.6 is 11.3 Å². The van der Waals surface area contributed by atoms with E-state index in [0.717, 1.165) is 24.8 Å². The molecule has 2 aliphatic heterocycles. The van der Waals surface area contributed by atoms with Gasteiger partial charge in [0.1, 0.15) is 0 Å². The number of fused-ring (bicyclic) bond motifs is 2. The molecule has 1 aromatic carbocycles. The zero-order chi connectivity index (χ0) is 20.4. The van der Waals surface area contributed by atoms with Gasteiger partial charge in [-0.2, -0.15) is 11.3 Å². The van der Waals surface area contributed by atoms with Gasteiger partial charge < -0.3 is 24.8 Å². The highest BCUT2D eigenvalue weighted by atomic mass is 32.1. The molecule has 29 heavy (non-hydrogen) atoms. The zero-order valence-electron chi connectivity index (χ0n) is 16.4. The largest absolute Gasteiger partial charge is 0.493 e.